The zero-order valence-electron chi connectivity index (χ0n) is 14.0. The van der Waals surface area contributed by atoms with Crippen molar-refractivity contribution < 1.29 is 32.6 Å². The first-order valence-electron chi connectivity index (χ1n) is 7.80. The van der Waals surface area contributed by atoms with Crippen molar-refractivity contribution in [2.45, 2.75) is 23.7 Å². The van der Waals surface area contributed by atoms with Crippen molar-refractivity contribution in [3.8, 4) is 11.5 Å². The Morgan fingerprint density at radius 1 is 1.30 bits per heavy atom. The summed E-state index contributed by atoms with van der Waals surface area (Å²) in [5.74, 6) is -3.63. The molecule has 0 atom stereocenters. The van der Waals surface area contributed by atoms with E-state index in [2.05, 4.69) is 25.4 Å². The van der Waals surface area contributed by atoms with Gasteiger partial charge in [0.25, 0.3) is 10.0 Å². The summed E-state index contributed by atoms with van der Waals surface area (Å²) in [7, 11) is -3.32. The lowest BCUT2D eigenvalue weighted by atomic mass is 10.0. The van der Waals surface area contributed by atoms with Crippen molar-refractivity contribution in [3.63, 3.8) is 0 Å². The lowest BCUT2D eigenvalue weighted by Gasteiger charge is -2.16. The molecule has 0 unspecified atom stereocenters. The number of methoxy groups -OCH3 is 1. The highest BCUT2D eigenvalue weighted by molar-refractivity contribution is 9.10. The van der Waals surface area contributed by atoms with Gasteiger partial charge in [-0.3, -0.25) is 4.72 Å². The van der Waals surface area contributed by atoms with E-state index in [1.807, 2.05) is 0 Å². The van der Waals surface area contributed by atoms with Gasteiger partial charge in [0.15, 0.2) is 5.75 Å². The van der Waals surface area contributed by atoms with Gasteiger partial charge in [-0.15, -0.1) is 0 Å². The van der Waals surface area contributed by atoms with Gasteiger partial charge < -0.3 is 14.9 Å². The van der Waals surface area contributed by atoms with Crippen molar-refractivity contribution in [1.29, 1.82) is 0 Å². The van der Waals surface area contributed by atoms with Gasteiger partial charge in [-0.2, -0.15) is 0 Å². The lowest BCUT2D eigenvalue weighted by molar-refractivity contribution is 0.0591. The van der Waals surface area contributed by atoms with Crippen LogP contribution in [0.3, 0.4) is 0 Å². The number of phenols is 2. The Hall–Kier alpha value is -2.33. The highest BCUT2D eigenvalue weighted by Crippen LogP contribution is 2.46. The second kappa shape index (κ2) is 7.01. The highest BCUT2D eigenvalue weighted by atomic mass is 79.9. The van der Waals surface area contributed by atoms with E-state index in [-0.39, 0.29) is 17.2 Å². The molecule has 7 nitrogen and oxygen atoms in total. The van der Waals surface area contributed by atoms with Gasteiger partial charge in [0, 0.05) is 4.47 Å². The summed E-state index contributed by atoms with van der Waals surface area (Å²) in [6.45, 7) is 0. The predicted molar refractivity (Wildman–Crippen MR) is 98.0 cm³/mol. The Balaban J connectivity index is 2.12. The number of hydrogen-bond donors (Lipinski definition) is 3. The number of hydrogen-bond acceptors (Lipinski definition) is 6. The molecule has 10 heteroatoms. The molecule has 0 radical (unpaired) electrons. The zero-order chi connectivity index (χ0) is 19.9. The molecular formula is C17H15BrFNO6S. The fourth-order valence-electron chi connectivity index (χ4n) is 2.63. The minimum Gasteiger partial charge on any atom is -0.507 e. The van der Waals surface area contributed by atoms with E-state index in [9.17, 15) is 27.8 Å². The van der Waals surface area contributed by atoms with E-state index in [1.54, 1.807) is 0 Å². The molecule has 0 spiro atoms. The van der Waals surface area contributed by atoms with Crippen molar-refractivity contribution >= 4 is 37.6 Å². The molecule has 2 aromatic rings. The fourth-order valence-corrected chi connectivity index (χ4v) is 4.32. The molecule has 27 heavy (non-hydrogen) atoms. The molecule has 0 saturated heterocycles. The van der Waals surface area contributed by atoms with Crippen LogP contribution in [0.5, 0.6) is 11.5 Å². The largest absolute Gasteiger partial charge is 0.507 e. The average Bonchev–Trinajstić information content (AvgIpc) is 3.44. The molecule has 3 N–H and O–H groups in total. The van der Waals surface area contributed by atoms with Gasteiger partial charge in [0.1, 0.15) is 22.0 Å². The molecule has 1 aliphatic rings. The maximum atomic E-state index is 14.6. The number of aromatic hydroxyl groups is 2. The number of carbonyl (C=O) groups is 1. The maximum absolute atomic E-state index is 14.6. The normalized spacial score (nSPS) is 14.0. The molecule has 0 heterocycles. The van der Waals surface area contributed by atoms with Crippen molar-refractivity contribution in [2.24, 2.45) is 0 Å². The van der Waals surface area contributed by atoms with Crippen LogP contribution >= 0.6 is 15.9 Å². The van der Waals surface area contributed by atoms with Gasteiger partial charge in [-0.25, -0.2) is 17.6 Å². The van der Waals surface area contributed by atoms with E-state index in [0.717, 1.165) is 13.2 Å². The number of ether oxygens (including phenoxy) is 1. The first-order valence-corrected chi connectivity index (χ1v) is 10.1. The average molecular weight is 460 g/mol. The third-order valence-electron chi connectivity index (χ3n) is 4.13. The third kappa shape index (κ3) is 3.72. The van der Waals surface area contributed by atoms with Crippen LogP contribution in [0.25, 0.3) is 0 Å². The van der Waals surface area contributed by atoms with E-state index in [4.69, 9.17) is 0 Å². The smallest absolute Gasteiger partial charge is 0.344 e. The Labute approximate surface area is 163 Å². The van der Waals surface area contributed by atoms with Crippen LogP contribution < -0.4 is 4.72 Å². The molecule has 144 valence electrons. The van der Waals surface area contributed by atoms with Gasteiger partial charge >= 0.3 is 5.97 Å². The van der Waals surface area contributed by atoms with Crippen molar-refractivity contribution in [1.82, 2.24) is 0 Å². The number of carbonyl (C=O) groups excluding carboxylic acids is 1. The van der Waals surface area contributed by atoms with Gasteiger partial charge in [0.2, 0.25) is 0 Å². The van der Waals surface area contributed by atoms with Crippen LogP contribution in [-0.4, -0.2) is 31.7 Å². The SMILES string of the molecule is COC(=O)c1c(O)c(NS(=O)(=O)c2cc(Br)ccc2O)cc(C2CC2)c1F. The van der Waals surface area contributed by atoms with Crippen LogP contribution in [0.4, 0.5) is 10.1 Å². The molecule has 3 rings (SSSR count). The van der Waals surface area contributed by atoms with E-state index in [1.165, 1.54) is 18.2 Å². The predicted octanol–water partition coefficient (Wildman–Crippen LogP) is 3.46. The van der Waals surface area contributed by atoms with Gasteiger partial charge in [-0.05, 0) is 48.6 Å². The summed E-state index contributed by atoms with van der Waals surface area (Å²) in [4.78, 5) is 11.4. The Morgan fingerprint density at radius 2 is 1.96 bits per heavy atom. The summed E-state index contributed by atoms with van der Waals surface area (Å²) >= 11 is 3.11. The number of nitrogens with one attached hydrogen (secondary N) is 1. The topological polar surface area (TPSA) is 113 Å². The summed E-state index contributed by atoms with van der Waals surface area (Å²) in [6, 6.07) is 4.95. The molecule has 1 aliphatic carbocycles. The number of esters is 1. The summed E-state index contributed by atoms with van der Waals surface area (Å²) in [6.07, 6.45) is 1.36. The summed E-state index contributed by atoms with van der Waals surface area (Å²) < 4.78 is 46.9. The maximum Gasteiger partial charge on any atom is 0.344 e. The Kier molecular flexibility index (Phi) is 5.04. The minimum absolute atomic E-state index is 0.115. The lowest BCUT2D eigenvalue weighted by Crippen LogP contribution is -2.16. The first kappa shape index (κ1) is 19.4. The number of rotatable bonds is 5. The second-order valence-electron chi connectivity index (χ2n) is 6.03. The van der Waals surface area contributed by atoms with Gasteiger partial charge in [0.05, 0.1) is 12.8 Å². The van der Waals surface area contributed by atoms with Crippen LogP contribution in [0, 0.1) is 5.82 Å². The summed E-state index contributed by atoms with van der Waals surface area (Å²) in [5, 5.41) is 20.2. The first-order chi connectivity index (χ1) is 12.7. The Bertz CT molecular complexity index is 1040. The van der Waals surface area contributed by atoms with Crippen LogP contribution in [-0.2, 0) is 14.8 Å². The van der Waals surface area contributed by atoms with Crippen LogP contribution in [0.2, 0.25) is 0 Å². The number of anilines is 1. The molecule has 1 saturated carbocycles. The van der Waals surface area contributed by atoms with E-state index < -0.39 is 43.8 Å². The molecule has 0 bridgehead atoms. The van der Waals surface area contributed by atoms with Crippen molar-refractivity contribution in [2.75, 3.05) is 11.8 Å². The molecule has 0 amide bonds. The summed E-state index contributed by atoms with van der Waals surface area (Å²) in [5.41, 5.74) is -1.000. The number of phenolic OH excluding ortho intramolecular Hbond substituents is 2. The highest BCUT2D eigenvalue weighted by Gasteiger charge is 2.33. The van der Waals surface area contributed by atoms with Crippen LogP contribution in [0.15, 0.2) is 33.6 Å². The standard InChI is InChI=1S/C17H15BrFNO6S/c1-26-17(23)14-15(19)10(8-2-3-8)7-11(16(14)22)20-27(24,25)13-6-9(18)4-5-12(13)21/h4-8,20-22H,2-3H2,1H3. The monoisotopic (exact) mass is 459 g/mol. The molecule has 0 aliphatic heterocycles. The van der Waals surface area contributed by atoms with Gasteiger partial charge in [-0.1, -0.05) is 15.9 Å². The van der Waals surface area contributed by atoms with E-state index >= 15 is 0 Å². The third-order valence-corrected chi connectivity index (χ3v) is 6.02. The quantitative estimate of drug-likeness (QED) is 0.466. The molecule has 2 aromatic carbocycles. The molecule has 1 fully saturated rings. The number of benzene rings is 2. The number of halogens is 2. The minimum atomic E-state index is -4.34. The van der Waals surface area contributed by atoms with Crippen LogP contribution in [0.1, 0.15) is 34.7 Å². The molecular weight excluding hydrogens is 445 g/mol. The zero-order valence-corrected chi connectivity index (χ0v) is 16.4. The molecule has 0 aromatic heterocycles. The van der Waals surface area contributed by atoms with Crippen molar-refractivity contribution in [3.05, 3.63) is 45.7 Å². The van der Waals surface area contributed by atoms with E-state index in [0.29, 0.717) is 17.3 Å². The second-order valence-corrected chi connectivity index (χ2v) is 8.60. The number of sulfonamides is 1. The Morgan fingerprint density at radius 3 is 2.56 bits per heavy atom. The fraction of sp³-hybridized carbons (Fsp3) is 0.235.